The van der Waals surface area contributed by atoms with Crippen LogP contribution in [0.15, 0.2) is 48.8 Å². The molecule has 0 aliphatic rings. The van der Waals surface area contributed by atoms with Gasteiger partial charge >= 0.3 is 11.9 Å². The van der Waals surface area contributed by atoms with Crippen molar-refractivity contribution in [2.75, 3.05) is 7.11 Å². The maximum absolute atomic E-state index is 10.9. The molecule has 4 nitrogen and oxygen atoms in total. The molecule has 0 aliphatic heterocycles. The maximum Gasteiger partial charge on any atom is 0.309 e. The summed E-state index contributed by atoms with van der Waals surface area (Å²) in [7, 11) is 1.38. The second-order valence-electron chi connectivity index (χ2n) is 4.46. The summed E-state index contributed by atoms with van der Waals surface area (Å²) in [5.41, 5.74) is 2.31. The van der Waals surface area contributed by atoms with E-state index in [4.69, 9.17) is 4.74 Å². The summed E-state index contributed by atoms with van der Waals surface area (Å²) >= 11 is 0. The third-order valence-electron chi connectivity index (χ3n) is 2.74. The molecule has 0 aromatic heterocycles. The molecule has 0 amide bonds. The quantitative estimate of drug-likeness (QED) is 0.440. The molecule has 0 saturated carbocycles. The summed E-state index contributed by atoms with van der Waals surface area (Å²) in [4.78, 5) is 21.5. The van der Waals surface area contributed by atoms with Gasteiger partial charge in [-0.1, -0.05) is 36.4 Å². The van der Waals surface area contributed by atoms with E-state index in [0.29, 0.717) is 12.8 Å². The molecule has 0 saturated heterocycles. The molecule has 0 fully saturated rings. The highest BCUT2D eigenvalue weighted by molar-refractivity contribution is 5.70. The number of ether oxygens (including phenoxy) is 2. The van der Waals surface area contributed by atoms with Crippen LogP contribution in [0.4, 0.5) is 0 Å². The van der Waals surface area contributed by atoms with Gasteiger partial charge in [-0.25, -0.2) is 0 Å². The fourth-order valence-corrected chi connectivity index (χ4v) is 1.62. The molecular weight excluding hydrogens is 268 g/mol. The first-order valence-corrected chi connectivity index (χ1v) is 6.73. The Morgan fingerprint density at radius 1 is 1.00 bits per heavy atom. The lowest BCUT2D eigenvalue weighted by molar-refractivity contribution is -0.139. The van der Waals surface area contributed by atoms with Crippen LogP contribution in [0.2, 0.25) is 0 Å². The number of benzene rings is 1. The van der Waals surface area contributed by atoms with Crippen molar-refractivity contribution in [1.82, 2.24) is 0 Å². The van der Waals surface area contributed by atoms with Crippen molar-refractivity contribution in [2.24, 2.45) is 0 Å². The molecule has 4 heteroatoms. The predicted octanol–water partition coefficient (Wildman–Crippen LogP) is 2.97. The molecule has 1 aromatic carbocycles. The molecule has 0 atom stereocenters. The molecule has 21 heavy (non-hydrogen) atoms. The number of allylic oxidation sites excluding steroid dienone is 2. The second-order valence-corrected chi connectivity index (χ2v) is 4.46. The SMILES string of the molecule is COC(=O)CC=CCc1ccc(CC=COC(C)=O)cc1. The van der Waals surface area contributed by atoms with Gasteiger partial charge in [0.05, 0.1) is 19.8 Å². The zero-order valence-electron chi connectivity index (χ0n) is 12.4. The maximum atomic E-state index is 10.9. The van der Waals surface area contributed by atoms with Crippen LogP contribution in [0.5, 0.6) is 0 Å². The molecule has 0 unspecified atom stereocenters. The van der Waals surface area contributed by atoms with E-state index < -0.39 is 0 Å². The number of hydrogen-bond donors (Lipinski definition) is 0. The highest BCUT2D eigenvalue weighted by Crippen LogP contribution is 2.07. The minimum Gasteiger partial charge on any atom is -0.469 e. The first-order valence-electron chi connectivity index (χ1n) is 6.73. The molecule has 1 aromatic rings. The van der Waals surface area contributed by atoms with Crippen LogP contribution in [-0.4, -0.2) is 19.0 Å². The van der Waals surface area contributed by atoms with Gasteiger partial charge in [0.25, 0.3) is 0 Å². The number of hydrogen-bond acceptors (Lipinski definition) is 4. The third-order valence-corrected chi connectivity index (χ3v) is 2.74. The van der Waals surface area contributed by atoms with Gasteiger partial charge in [0, 0.05) is 6.92 Å². The summed E-state index contributed by atoms with van der Waals surface area (Å²) in [6.45, 7) is 1.37. The summed E-state index contributed by atoms with van der Waals surface area (Å²) in [5, 5.41) is 0. The van der Waals surface area contributed by atoms with Gasteiger partial charge < -0.3 is 9.47 Å². The Morgan fingerprint density at radius 3 is 2.10 bits per heavy atom. The lowest BCUT2D eigenvalue weighted by atomic mass is 10.1. The molecule has 0 heterocycles. The van der Waals surface area contributed by atoms with E-state index in [2.05, 4.69) is 4.74 Å². The van der Waals surface area contributed by atoms with E-state index in [1.807, 2.05) is 36.4 Å². The molecule has 1 rings (SSSR count). The number of esters is 2. The van der Waals surface area contributed by atoms with Crippen LogP contribution < -0.4 is 0 Å². The zero-order valence-corrected chi connectivity index (χ0v) is 12.4. The number of rotatable bonds is 7. The lowest BCUT2D eigenvalue weighted by Crippen LogP contribution is -1.96. The van der Waals surface area contributed by atoms with Crippen molar-refractivity contribution < 1.29 is 19.1 Å². The first-order chi connectivity index (χ1) is 10.1. The van der Waals surface area contributed by atoms with E-state index in [0.717, 1.165) is 12.0 Å². The van der Waals surface area contributed by atoms with Crippen LogP contribution in [0.1, 0.15) is 24.5 Å². The average molecular weight is 288 g/mol. The fourth-order valence-electron chi connectivity index (χ4n) is 1.62. The largest absolute Gasteiger partial charge is 0.469 e. The van der Waals surface area contributed by atoms with Crippen LogP contribution in [-0.2, 0) is 31.9 Å². The van der Waals surface area contributed by atoms with Crippen LogP contribution in [0.3, 0.4) is 0 Å². The Morgan fingerprint density at radius 2 is 1.57 bits per heavy atom. The lowest BCUT2D eigenvalue weighted by Gasteiger charge is -2.00. The van der Waals surface area contributed by atoms with Crippen molar-refractivity contribution in [3.05, 3.63) is 59.9 Å². The number of carbonyl (C=O) groups excluding carboxylic acids is 2. The molecule has 0 aliphatic carbocycles. The standard InChI is InChI=1S/C17H20O4/c1-14(18)21-13-5-7-16-11-9-15(10-12-16)6-3-4-8-17(19)20-2/h3-5,9-13H,6-8H2,1-2H3. The summed E-state index contributed by atoms with van der Waals surface area (Å²) < 4.78 is 9.27. The Labute approximate surface area is 125 Å². The van der Waals surface area contributed by atoms with Gasteiger partial charge in [0.2, 0.25) is 0 Å². The second kappa shape index (κ2) is 9.53. The topological polar surface area (TPSA) is 52.6 Å². The zero-order chi connectivity index (χ0) is 15.5. The van der Waals surface area contributed by atoms with E-state index in [-0.39, 0.29) is 11.9 Å². The fraction of sp³-hybridized carbons (Fsp3) is 0.294. The molecule has 0 bridgehead atoms. The monoisotopic (exact) mass is 288 g/mol. The van der Waals surface area contributed by atoms with Gasteiger partial charge in [-0.2, -0.15) is 0 Å². The van der Waals surface area contributed by atoms with Crippen molar-refractivity contribution in [2.45, 2.75) is 26.2 Å². The van der Waals surface area contributed by atoms with Crippen molar-refractivity contribution in [3.63, 3.8) is 0 Å². The Bertz CT molecular complexity index is 512. The minimum atomic E-state index is -0.319. The van der Waals surface area contributed by atoms with E-state index in [1.165, 1.54) is 25.9 Å². The van der Waals surface area contributed by atoms with Gasteiger partial charge in [0.15, 0.2) is 0 Å². The van der Waals surface area contributed by atoms with Gasteiger partial charge in [-0.3, -0.25) is 9.59 Å². The van der Waals surface area contributed by atoms with Crippen LogP contribution in [0.25, 0.3) is 0 Å². The van der Waals surface area contributed by atoms with Crippen molar-refractivity contribution in [1.29, 1.82) is 0 Å². The third kappa shape index (κ3) is 7.72. The Kier molecular flexibility index (Phi) is 7.58. The van der Waals surface area contributed by atoms with Crippen LogP contribution >= 0.6 is 0 Å². The van der Waals surface area contributed by atoms with E-state index in [1.54, 1.807) is 6.08 Å². The van der Waals surface area contributed by atoms with Crippen molar-refractivity contribution >= 4 is 11.9 Å². The van der Waals surface area contributed by atoms with E-state index in [9.17, 15) is 9.59 Å². The summed E-state index contributed by atoms with van der Waals surface area (Å²) in [6.07, 6.45) is 8.76. The summed E-state index contributed by atoms with van der Waals surface area (Å²) in [6, 6.07) is 8.14. The minimum absolute atomic E-state index is 0.235. The number of methoxy groups -OCH3 is 1. The average Bonchev–Trinajstić information content (AvgIpc) is 2.49. The predicted molar refractivity (Wildman–Crippen MR) is 80.5 cm³/mol. The Balaban J connectivity index is 2.38. The normalized spacial score (nSPS) is 11.0. The smallest absolute Gasteiger partial charge is 0.309 e. The van der Waals surface area contributed by atoms with Gasteiger partial charge in [0.1, 0.15) is 0 Å². The Hall–Kier alpha value is -2.36. The molecule has 0 radical (unpaired) electrons. The highest BCUT2D eigenvalue weighted by Gasteiger charge is 1.95. The first kappa shape index (κ1) is 16.7. The molecule has 112 valence electrons. The molecule has 0 N–H and O–H groups in total. The van der Waals surface area contributed by atoms with Crippen LogP contribution in [0, 0.1) is 0 Å². The highest BCUT2D eigenvalue weighted by atomic mass is 16.5. The molecular formula is C17H20O4. The van der Waals surface area contributed by atoms with E-state index >= 15 is 0 Å². The summed E-state index contributed by atoms with van der Waals surface area (Å²) in [5.74, 6) is -0.554. The van der Waals surface area contributed by atoms with Gasteiger partial charge in [-0.15, -0.1) is 0 Å². The van der Waals surface area contributed by atoms with Gasteiger partial charge in [-0.05, 0) is 30.0 Å². The number of carbonyl (C=O) groups is 2. The van der Waals surface area contributed by atoms with Crippen molar-refractivity contribution in [3.8, 4) is 0 Å². The molecule has 0 spiro atoms.